The van der Waals surface area contributed by atoms with E-state index in [2.05, 4.69) is 9.97 Å². The van der Waals surface area contributed by atoms with Crippen molar-refractivity contribution >= 4 is 23.1 Å². The van der Waals surface area contributed by atoms with Crippen molar-refractivity contribution in [1.82, 2.24) is 9.97 Å². The highest BCUT2D eigenvalue weighted by atomic mass is 32.1. The third-order valence-corrected chi connectivity index (χ3v) is 1.96. The van der Waals surface area contributed by atoms with Crippen molar-refractivity contribution in [3.63, 3.8) is 0 Å². The molecule has 1 aromatic heterocycles. The van der Waals surface area contributed by atoms with Gasteiger partial charge in [0.15, 0.2) is 0 Å². The Morgan fingerprint density at radius 2 is 2.25 bits per heavy atom. The molecule has 0 aliphatic rings. The number of aromatic nitrogens is 2. The van der Waals surface area contributed by atoms with Crippen molar-refractivity contribution in [3.8, 4) is 5.75 Å². The zero-order chi connectivity index (χ0) is 8.55. The van der Waals surface area contributed by atoms with Crippen molar-refractivity contribution in [2.45, 2.75) is 0 Å². The second-order valence-electron chi connectivity index (χ2n) is 2.44. The summed E-state index contributed by atoms with van der Waals surface area (Å²) < 4.78 is 0.545. The Morgan fingerprint density at radius 1 is 1.42 bits per heavy atom. The largest absolute Gasteiger partial charge is 0.508 e. The molecule has 1 aromatic carbocycles. The summed E-state index contributed by atoms with van der Waals surface area (Å²) >= 11 is 4.98. The number of H-pyrrole nitrogens is 1. The van der Waals surface area contributed by atoms with Crippen LogP contribution in [0.15, 0.2) is 24.5 Å². The van der Waals surface area contributed by atoms with Gasteiger partial charge in [0.1, 0.15) is 10.4 Å². The molecule has 0 atom stereocenters. The van der Waals surface area contributed by atoms with Gasteiger partial charge in [0.05, 0.1) is 11.8 Å². The van der Waals surface area contributed by atoms with Crippen LogP contribution in [-0.2, 0) is 0 Å². The number of phenolic OH excluding ortho intramolecular Hbond substituents is 1. The molecule has 0 bridgehead atoms. The van der Waals surface area contributed by atoms with Gasteiger partial charge in [-0.3, -0.25) is 0 Å². The number of aromatic hydroxyl groups is 1. The van der Waals surface area contributed by atoms with E-state index < -0.39 is 0 Å². The number of hydrogen-bond donors (Lipinski definition) is 2. The number of aromatic amines is 1. The predicted molar refractivity (Wildman–Crippen MR) is 48.6 cm³/mol. The number of benzene rings is 1. The summed E-state index contributed by atoms with van der Waals surface area (Å²) in [6.07, 6.45) is 1.52. The maximum absolute atomic E-state index is 9.15. The third-order valence-electron chi connectivity index (χ3n) is 1.64. The second kappa shape index (κ2) is 2.57. The molecule has 2 N–H and O–H groups in total. The lowest BCUT2D eigenvalue weighted by molar-refractivity contribution is 0.476. The van der Waals surface area contributed by atoms with E-state index in [0.29, 0.717) is 4.64 Å². The molecule has 2 rings (SSSR count). The van der Waals surface area contributed by atoms with Crippen LogP contribution in [0.1, 0.15) is 0 Å². The van der Waals surface area contributed by atoms with Gasteiger partial charge >= 0.3 is 0 Å². The second-order valence-corrected chi connectivity index (χ2v) is 2.82. The monoisotopic (exact) mass is 178 g/mol. The first-order chi connectivity index (χ1) is 5.77. The van der Waals surface area contributed by atoms with Gasteiger partial charge in [-0.2, -0.15) is 0 Å². The summed E-state index contributed by atoms with van der Waals surface area (Å²) in [5.74, 6) is 0.222. The highest BCUT2D eigenvalue weighted by Gasteiger charge is 1.95. The quantitative estimate of drug-likeness (QED) is 0.606. The molecular weight excluding hydrogens is 172 g/mol. The van der Waals surface area contributed by atoms with Crippen LogP contribution < -0.4 is 0 Å². The van der Waals surface area contributed by atoms with Gasteiger partial charge in [-0.1, -0.05) is 12.2 Å². The number of nitrogens with zero attached hydrogens (tertiary/aromatic N) is 1. The van der Waals surface area contributed by atoms with E-state index in [1.807, 2.05) is 0 Å². The first-order valence-electron chi connectivity index (χ1n) is 3.44. The molecule has 2 aromatic rings. The zero-order valence-corrected chi connectivity index (χ0v) is 6.93. The first kappa shape index (κ1) is 7.24. The molecule has 60 valence electrons. The van der Waals surface area contributed by atoms with Crippen molar-refractivity contribution < 1.29 is 5.11 Å². The fraction of sp³-hybridized carbons (Fsp3) is 0. The van der Waals surface area contributed by atoms with Crippen molar-refractivity contribution in [2.24, 2.45) is 0 Å². The van der Waals surface area contributed by atoms with Crippen LogP contribution in [0.5, 0.6) is 5.75 Å². The van der Waals surface area contributed by atoms with Gasteiger partial charge in [-0.15, -0.1) is 0 Å². The summed E-state index contributed by atoms with van der Waals surface area (Å²) in [4.78, 5) is 6.81. The number of nitrogens with one attached hydrogen (secondary N) is 1. The molecule has 0 spiro atoms. The van der Waals surface area contributed by atoms with Crippen LogP contribution in [0.3, 0.4) is 0 Å². The lowest BCUT2D eigenvalue weighted by atomic mass is 10.2. The fourth-order valence-electron chi connectivity index (χ4n) is 1.07. The molecule has 0 saturated heterocycles. The molecule has 0 saturated carbocycles. The summed E-state index contributed by atoms with van der Waals surface area (Å²) in [5, 5.41) is 10.00. The summed E-state index contributed by atoms with van der Waals surface area (Å²) in [6, 6.07) is 4.96. The van der Waals surface area contributed by atoms with Crippen LogP contribution in [0.25, 0.3) is 10.9 Å². The lowest BCUT2D eigenvalue weighted by Gasteiger charge is -1.96. The third kappa shape index (κ3) is 1.06. The average Bonchev–Trinajstić information content (AvgIpc) is 2.04. The van der Waals surface area contributed by atoms with Gasteiger partial charge < -0.3 is 10.1 Å². The molecule has 1 heterocycles. The van der Waals surface area contributed by atoms with Crippen LogP contribution in [-0.4, -0.2) is 15.1 Å². The Labute approximate surface area is 73.7 Å². The highest BCUT2D eigenvalue weighted by molar-refractivity contribution is 7.71. The average molecular weight is 178 g/mol. The van der Waals surface area contributed by atoms with Crippen molar-refractivity contribution in [2.75, 3.05) is 0 Å². The SMILES string of the molecule is Oc1ccc2c(=S)nc[nH]c2c1. The molecule has 0 aliphatic carbocycles. The topological polar surface area (TPSA) is 48.9 Å². The van der Waals surface area contributed by atoms with E-state index >= 15 is 0 Å². The smallest absolute Gasteiger partial charge is 0.137 e. The Kier molecular flexibility index (Phi) is 1.55. The fourth-order valence-corrected chi connectivity index (χ4v) is 1.30. The van der Waals surface area contributed by atoms with E-state index in [9.17, 15) is 0 Å². The minimum absolute atomic E-state index is 0.222. The summed E-state index contributed by atoms with van der Waals surface area (Å²) in [5.41, 5.74) is 0.801. The maximum Gasteiger partial charge on any atom is 0.137 e. The van der Waals surface area contributed by atoms with Crippen molar-refractivity contribution in [1.29, 1.82) is 0 Å². The molecule has 12 heavy (non-hydrogen) atoms. The Hall–Kier alpha value is -1.42. The van der Waals surface area contributed by atoms with E-state index in [4.69, 9.17) is 17.3 Å². The molecular formula is C8H6N2OS. The molecule has 0 amide bonds. The first-order valence-corrected chi connectivity index (χ1v) is 3.84. The van der Waals surface area contributed by atoms with E-state index in [-0.39, 0.29) is 5.75 Å². The van der Waals surface area contributed by atoms with Crippen LogP contribution in [0.2, 0.25) is 0 Å². The normalized spacial score (nSPS) is 10.3. The maximum atomic E-state index is 9.15. The number of hydrogen-bond acceptors (Lipinski definition) is 3. The molecule has 0 fully saturated rings. The zero-order valence-electron chi connectivity index (χ0n) is 6.11. The molecule has 0 unspecified atom stereocenters. The highest BCUT2D eigenvalue weighted by Crippen LogP contribution is 2.17. The molecule has 3 nitrogen and oxygen atoms in total. The minimum atomic E-state index is 0.222. The van der Waals surface area contributed by atoms with Gasteiger partial charge in [-0.25, -0.2) is 4.98 Å². The lowest BCUT2D eigenvalue weighted by Crippen LogP contribution is -1.81. The Bertz CT molecular complexity index is 478. The van der Waals surface area contributed by atoms with Gasteiger partial charge in [0.2, 0.25) is 0 Å². The number of fused-ring (bicyclic) bond motifs is 1. The standard InChI is InChI=1S/C8H6N2OS/c11-5-1-2-6-7(3-5)9-4-10-8(6)12/h1-4,11H,(H,9,10,12). The molecule has 4 heteroatoms. The van der Waals surface area contributed by atoms with E-state index in [1.54, 1.807) is 18.2 Å². The van der Waals surface area contributed by atoms with Gasteiger partial charge in [0, 0.05) is 11.5 Å². The molecule has 0 aliphatic heterocycles. The van der Waals surface area contributed by atoms with Gasteiger partial charge in [-0.05, 0) is 12.1 Å². The van der Waals surface area contributed by atoms with E-state index in [1.165, 1.54) is 6.33 Å². The van der Waals surface area contributed by atoms with E-state index in [0.717, 1.165) is 10.9 Å². The number of rotatable bonds is 0. The Morgan fingerprint density at radius 3 is 3.08 bits per heavy atom. The minimum Gasteiger partial charge on any atom is -0.508 e. The van der Waals surface area contributed by atoms with Crippen molar-refractivity contribution in [3.05, 3.63) is 29.2 Å². The predicted octanol–water partition coefficient (Wildman–Crippen LogP) is 2.00. The van der Waals surface area contributed by atoms with Gasteiger partial charge in [0.25, 0.3) is 0 Å². The van der Waals surface area contributed by atoms with Crippen LogP contribution in [0.4, 0.5) is 0 Å². The Balaban J connectivity index is 2.96. The molecule has 0 radical (unpaired) electrons. The summed E-state index contributed by atoms with van der Waals surface area (Å²) in [6.45, 7) is 0. The van der Waals surface area contributed by atoms with Crippen LogP contribution >= 0.6 is 12.2 Å². The summed E-state index contributed by atoms with van der Waals surface area (Å²) in [7, 11) is 0. The van der Waals surface area contributed by atoms with Crippen LogP contribution in [0, 0.1) is 4.64 Å². The number of phenols is 1.